The number of tetrazole rings is 1. The van der Waals surface area contributed by atoms with Gasteiger partial charge in [-0.05, 0) is 10.4 Å². The normalized spacial score (nSPS) is 10.4. The summed E-state index contributed by atoms with van der Waals surface area (Å²) in [4.78, 5) is 11.5. The summed E-state index contributed by atoms with van der Waals surface area (Å²) in [5.41, 5.74) is 6.51. The molecule has 2 heterocycles. The van der Waals surface area contributed by atoms with E-state index in [1.165, 1.54) is 11.0 Å². The smallest absolute Gasteiger partial charge is 0.242 e. The molecule has 2 rings (SSSR count). The van der Waals surface area contributed by atoms with Crippen molar-refractivity contribution < 1.29 is 4.79 Å². The number of nitrogens with one attached hydrogen (secondary N) is 1. The van der Waals surface area contributed by atoms with Crippen LogP contribution in [0.1, 0.15) is 5.56 Å². The number of aromatic nitrogens is 6. The van der Waals surface area contributed by atoms with Gasteiger partial charge in [-0.25, -0.2) is 4.68 Å². The SMILES string of the molecule is Cn1ncc(CNC(=O)Cn2cnnn2)c1N. The van der Waals surface area contributed by atoms with E-state index < -0.39 is 0 Å². The number of nitrogens with two attached hydrogens (primary N) is 1. The summed E-state index contributed by atoms with van der Waals surface area (Å²) < 4.78 is 2.88. The number of nitrogen functional groups attached to an aromatic ring is 1. The molecule has 0 unspecified atom stereocenters. The number of amides is 1. The lowest BCUT2D eigenvalue weighted by Crippen LogP contribution is -2.27. The molecule has 0 saturated heterocycles. The van der Waals surface area contributed by atoms with Crippen LogP contribution in [-0.2, 0) is 24.9 Å². The Labute approximate surface area is 96.6 Å². The van der Waals surface area contributed by atoms with Gasteiger partial charge in [-0.2, -0.15) is 5.10 Å². The second-order valence-corrected chi connectivity index (χ2v) is 3.46. The molecule has 3 N–H and O–H groups in total. The third kappa shape index (κ3) is 2.56. The Balaban J connectivity index is 1.86. The molecule has 90 valence electrons. The highest BCUT2D eigenvalue weighted by Gasteiger charge is 2.07. The van der Waals surface area contributed by atoms with Gasteiger partial charge in [0.2, 0.25) is 5.91 Å². The molecule has 1 amide bonds. The van der Waals surface area contributed by atoms with E-state index in [1.807, 2.05) is 0 Å². The van der Waals surface area contributed by atoms with Crippen LogP contribution in [0.15, 0.2) is 12.5 Å². The quantitative estimate of drug-likeness (QED) is 0.654. The molecular weight excluding hydrogens is 224 g/mol. The number of hydrogen-bond acceptors (Lipinski definition) is 6. The number of hydrogen-bond donors (Lipinski definition) is 2. The number of carbonyl (C=O) groups is 1. The molecule has 0 aliphatic heterocycles. The molecular formula is C8H12N8O. The molecule has 2 aromatic rings. The Kier molecular flexibility index (Phi) is 2.99. The fourth-order valence-corrected chi connectivity index (χ4v) is 1.28. The summed E-state index contributed by atoms with van der Waals surface area (Å²) in [7, 11) is 1.74. The lowest BCUT2D eigenvalue weighted by Gasteiger charge is -2.04. The second kappa shape index (κ2) is 4.60. The lowest BCUT2D eigenvalue weighted by molar-refractivity contribution is -0.122. The Hall–Kier alpha value is -2.45. The van der Waals surface area contributed by atoms with Crippen molar-refractivity contribution in [2.75, 3.05) is 5.73 Å². The molecule has 0 spiro atoms. The van der Waals surface area contributed by atoms with Gasteiger partial charge in [-0.1, -0.05) is 0 Å². The first kappa shape index (κ1) is 11.0. The van der Waals surface area contributed by atoms with Crippen molar-refractivity contribution in [1.29, 1.82) is 0 Å². The van der Waals surface area contributed by atoms with E-state index in [4.69, 9.17) is 5.73 Å². The lowest BCUT2D eigenvalue weighted by atomic mass is 10.3. The average molecular weight is 236 g/mol. The van der Waals surface area contributed by atoms with Gasteiger partial charge >= 0.3 is 0 Å². The predicted molar refractivity (Wildman–Crippen MR) is 57.3 cm³/mol. The molecule has 9 heteroatoms. The van der Waals surface area contributed by atoms with E-state index in [1.54, 1.807) is 17.9 Å². The fourth-order valence-electron chi connectivity index (χ4n) is 1.28. The number of aryl methyl sites for hydroxylation is 1. The third-order valence-electron chi connectivity index (χ3n) is 2.24. The van der Waals surface area contributed by atoms with Gasteiger partial charge in [-0.15, -0.1) is 5.10 Å². The molecule has 0 saturated carbocycles. The summed E-state index contributed by atoms with van der Waals surface area (Å²) in [6.07, 6.45) is 2.99. The largest absolute Gasteiger partial charge is 0.384 e. The molecule has 0 atom stereocenters. The minimum Gasteiger partial charge on any atom is -0.384 e. The summed E-state index contributed by atoms with van der Waals surface area (Å²) in [5, 5.41) is 17.1. The number of rotatable bonds is 4. The van der Waals surface area contributed by atoms with Crippen LogP contribution in [0.2, 0.25) is 0 Å². The van der Waals surface area contributed by atoms with E-state index in [0.29, 0.717) is 12.4 Å². The van der Waals surface area contributed by atoms with Crippen molar-refractivity contribution in [1.82, 2.24) is 35.3 Å². The molecule has 0 bridgehead atoms. The zero-order valence-corrected chi connectivity index (χ0v) is 9.24. The van der Waals surface area contributed by atoms with Crippen molar-refractivity contribution in [3.63, 3.8) is 0 Å². The first-order valence-electron chi connectivity index (χ1n) is 4.90. The van der Waals surface area contributed by atoms with E-state index in [0.717, 1.165) is 5.56 Å². The van der Waals surface area contributed by atoms with Crippen LogP contribution in [0.25, 0.3) is 0 Å². The number of carbonyl (C=O) groups excluding carboxylic acids is 1. The monoisotopic (exact) mass is 236 g/mol. The first-order valence-corrected chi connectivity index (χ1v) is 4.90. The van der Waals surface area contributed by atoms with E-state index in [-0.39, 0.29) is 12.5 Å². The van der Waals surface area contributed by atoms with E-state index in [2.05, 4.69) is 25.9 Å². The summed E-state index contributed by atoms with van der Waals surface area (Å²) in [6, 6.07) is 0. The van der Waals surface area contributed by atoms with Crippen LogP contribution < -0.4 is 11.1 Å². The van der Waals surface area contributed by atoms with Crippen molar-refractivity contribution in [2.45, 2.75) is 13.1 Å². The van der Waals surface area contributed by atoms with E-state index >= 15 is 0 Å². The minimum absolute atomic E-state index is 0.0766. The van der Waals surface area contributed by atoms with Crippen LogP contribution in [0, 0.1) is 0 Å². The summed E-state index contributed by atoms with van der Waals surface area (Å²) >= 11 is 0. The predicted octanol–water partition coefficient (Wildman–Crippen LogP) is -1.69. The van der Waals surface area contributed by atoms with Crippen molar-refractivity contribution in [3.8, 4) is 0 Å². The molecule has 9 nitrogen and oxygen atoms in total. The molecule has 0 aliphatic carbocycles. The Morgan fingerprint density at radius 3 is 3.00 bits per heavy atom. The van der Waals surface area contributed by atoms with E-state index in [9.17, 15) is 4.79 Å². The Bertz CT molecular complexity index is 502. The molecule has 0 fully saturated rings. The first-order chi connectivity index (χ1) is 8.16. The highest BCUT2D eigenvalue weighted by molar-refractivity contribution is 5.75. The Morgan fingerprint density at radius 2 is 2.41 bits per heavy atom. The van der Waals surface area contributed by atoms with Gasteiger partial charge in [0.15, 0.2) is 0 Å². The summed E-state index contributed by atoms with van der Waals surface area (Å²) in [5.74, 6) is 0.341. The maximum Gasteiger partial charge on any atom is 0.242 e. The summed E-state index contributed by atoms with van der Waals surface area (Å²) in [6.45, 7) is 0.411. The topological polar surface area (TPSA) is 117 Å². The fraction of sp³-hybridized carbons (Fsp3) is 0.375. The third-order valence-corrected chi connectivity index (χ3v) is 2.24. The molecule has 0 aliphatic rings. The molecule has 0 aromatic carbocycles. The van der Waals surface area contributed by atoms with Crippen LogP contribution in [-0.4, -0.2) is 35.9 Å². The van der Waals surface area contributed by atoms with Crippen LogP contribution in [0.5, 0.6) is 0 Å². The molecule has 2 aromatic heterocycles. The zero-order valence-electron chi connectivity index (χ0n) is 9.24. The Morgan fingerprint density at radius 1 is 1.59 bits per heavy atom. The number of anilines is 1. The van der Waals surface area contributed by atoms with Crippen LogP contribution >= 0.6 is 0 Å². The van der Waals surface area contributed by atoms with Gasteiger partial charge in [0, 0.05) is 19.2 Å². The van der Waals surface area contributed by atoms with Crippen molar-refractivity contribution in [3.05, 3.63) is 18.1 Å². The number of nitrogens with zero attached hydrogens (tertiary/aromatic N) is 6. The van der Waals surface area contributed by atoms with Crippen LogP contribution in [0.3, 0.4) is 0 Å². The maximum absolute atomic E-state index is 11.5. The highest BCUT2D eigenvalue weighted by atomic mass is 16.2. The second-order valence-electron chi connectivity index (χ2n) is 3.46. The molecule has 0 radical (unpaired) electrons. The van der Waals surface area contributed by atoms with Crippen molar-refractivity contribution >= 4 is 11.7 Å². The van der Waals surface area contributed by atoms with Crippen molar-refractivity contribution in [2.24, 2.45) is 7.05 Å². The minimum atomic E-state index is -0.194. The average Bonchev–Trinajstić information content (AvgIpc) is 2.90. The van der Waals surface area contributed by atoms with Gasteiger partial charge in [0.25, 0.3) is 0 Å². The standard InChI is InChI=1S/C8H12N8O/c1-15-8(9)6(3-12-15)2-10-7(17)4-16-5-11-13-14-16/h3,5H,2,4,9H2,1H3,(H,10,17). The van der Waals surface area contributed by atoms with Gasteiger partial charge in [-0.3, -0.25) is 9.48 Å². The van der Waals surface area contributed by atoms with Gasteiger partial charge < -0.3 is 11.1 Å². The molecule has 17 heavy (non-hydrogen) atoms. The zero-order chi connectivity index (χ0) is 12.3. The van der Waals surface area contributed by atoms with Gasteiger partial charge in [0.1, 0.15) is 18.7 Å². The maximum atomic E-state index is 11.5. The van der Waals surface area contributed by atoms with Crippen LogP contribution in [0.4, 0.5) is 5.82 Å². The van der Waals surface area contributed by atoms with Gasteiger partial charge in [0.05, 0.1) is 6.20 Å². The highest BCUT2D eigenvalue weighted by Crippen LogP contribution is 2.07.